The molecule has 0 saturated heterocycles. The summed E-state index contributed by atoms with van der Waals surface area (Å²) in [5.74, 6) is 5.13. The Morgan fingerprint density at radius 1 is 1.18 bits per heavy atom. The molecule has 0 bridgehead atoms. The van der Waals surface area contributed by atoms with Gasteiger partial charge >= 0.3 is 0 Å². The average molecular weight is 330 g/mol. The fourth-order valence-electron chi connectivity index (χ4n) is 1.93. The van der Waals surface area contributed by atoms with Crippen molar-refractivity contribution in [2.75, 3.05) is 0 Å². The lowest BCUT2D eigenvalue weighted by atomic mass is 9.98. The van der Waals surface area contributed by atoms with Crippen molar-refractivity contribution in [2.24, 2.45) is 11.8 Å². The van der Waals surface area contributed by atoms with Crippen LogP contribution >= 0.6 is 0 Å². The summed E-state index contributed by atoms with van der Waals surface area (Å²) in [5.41, 5.74) is 3.15. The first-order valence-electron chi connectivity index (χ1n) is 7.30. The highest BCUT2D eigenvalue weighted by atomic mass is 32.2. The normalized spacial score (nSPS) is 10.8. The molecule has 0 aliphatic rings. The summed E-state index contributed by atoms with van der Waals surface area (Å²) in [5, 5.41) is 0. The zero-order valence-electron chi connectivity index (χ0n) is 13.4. The summed E-state index contributed by atoms with van der Waals surface area (Å²) in [6, 6.07) is 5.99. The van der Waals surface area contributed by atoms with Crippen molar-refractivity contribution < 1.29 is 17.8 Å². The van der Waals surface area contributed by atoms with Gasteiger partial charge in [0.2, 0.25) is 5.91 Å². The highest BCUT2D eigenvalue weighted by Gasteiger charge is 2.14. The van der Waals surface area contributed by atoms with Crippen molar-refractivity contribution >= 4 is 16.0 Å². The lowest BCUT2D eigenvalue weighted by Gasteiger charge is -2.12. The summed E-state index contributed by atoms with van der Waals surface area (Å²) >= 11 is 0. The van der Waals surface area contributed by atoms with Gasteiger partial charge in [-0.15, -0.1) is 0 Å². The minimum atomic E-state index is -4.02. The number of nitrogens with two attached hydrogens (primary N) is 1. The molecule has 0 radical (unpaired) electrons. The molecule has 22 heavy (non-hydrogen) atoms. The first kappa shape index (κ1) is 20.6. The molecule has 0 spiro atoms. The van der Waals surface area contributed by atoms with Gasteiger partial charge in [0.05, 0.1) is 4.90 Å². The minimum Gasteiger partial charge on any atom is -0.294 e. The summed E-state index contributed by atoms with van der Waals surface area (Å²) in [7, 11) is -4.02. The maximum absolute atomic E-state index is 11.1. The van der Waals surface area contributed by atoms with Crippen molar-refractivity contribution in [3.05, 3.63) is 29.8 Å². The second kappa shape index (κ2) is 10.3. The Labute approximate surface area is 132 Å². The topological polar surface area (TPSA) is 109 Å². The van der Waals surface area contributed by atoms with Crippen LogP contribution in [-0.4, -0.2) is 18.9 Å². The molecule has 0 unspecified atom stereocenters. The zero-order chi connectivity index (χ0) is 17.2. The van der Waals surface area contributed by atoms with E-state index in [-0.39, 0.29) is 16.7 Å². The molecule has 1 aromatic carbocycles. The molecule has 0 aliphatic heterocycles. The number of nitrogens with one attached hydrogen (secondary N) is 1. The van der Waals surface area contributed by atoms with Gasteiger partial charge in [-0.1, -0.05) is 44.4 Å². The second-order valence-electron chi connectivity index (χ2n) is 5.07. The van der Waals surface area contributed by atoms with E-state index in [1.54, 1.807) is 12.1 Å². The molecular formula is C15H26N2O4S. The summed E-state index contributed by atoms with van der Waals surface area (Å²) in [4.78, 5) is 11.0. The predicted octanol–water partition coefficient (Wildman–Crippen LogP) is 2.43. The third-order valence-electron chi connectivity index (χ3n) is 3.11. The molecule has 1 amide bonds. The smallest absolute Gasteiger partial charge is 0.294 e. The molecule has 0 aromatic heterocycles. The van der Waals surface area contributed by atoms with Crippen LogP contribution < -0.4 is 11.3 Å². The fraction of sp³-hybridized carbons (Fsp3) is 0.533. The average Bonchev–Trinajstić information content (AvgIpc) is 2.46. The lowest BCUT2D eigenvalue weighted by molar-refractivity contribution is -0.125. The van der Waals surface area contributed by atoms with Gasteiger partial charge in [-0.3, -0.25) is 14.8 Å². The van der Waals surface area contributed by atoms with Crippen LogP contribution in [0.1, 0.15) is 45.1 Å². The quantitative estimate of drug-likeness (QED) is 0.321. The Hall–Kier alpha value is -1.44. The number of hydrogen-bond donors (Lipinski definition) is 3. The van der Waals surface area contributed by atoms with Crippen LogP contribution in [0.3, 0.4) is 0 Å². The molecule has 4 N–H and O–H groups in total. The monoisotopic (exact) mass is 330 g/mol. The molecule has 0 aliphatic carbocycles. The molecule has 1 aromatic rings. The first-order chi connectivity index (χ1) is 10.3. The summed E-state index contributed by atoms with van der Waals surface area (Å²) in [6.07, 6.45) is 3.96. The van der Waals surface area contributed by atoms with Gasteiger partial charge < -0.3 is 0 Å². The standard InChI is InChI=1S/C8H18N2O.C7H8O3S/c1-3-5-7(6-4-2)8(11)10-9;1-6-2-4-7(5-3-6)11(8,9)10/h7H,3-6,9H2,1-2H3,(H,10,11);2-5H,1H3,(H,8,9,10). The van der Waals surface area contributed by atoms with Gasteiger partial charge in [-0.2, -0.15) is 8.42 Å². The molecule has 1 rings (SSSR count). The minimum absolute atomic E-state index is 0.0197. The molecule has 0 fully saturated rings. The van der Waals surface area contributed by atoms with Crippen molar-refractivity contribution in [1.82, 2.24) is 5.43 Å². The van der Waals surface area contributed by atoms with E-state index in [9.17, 15) is 13.2 Å². The number of hydrazine groups is 1. The maximum Gasteiger partial charge on any atom is 0.294 e. The van der Waals surface area contributed by atoms with Crippen LogP contribution in [0.25, 0.3) is 0 Å². The number of amides is 1. The Bertz CT molecular complexity index is 535. The largest absolute Gasteiger partial charge is 0.294 e. The number of aryl methyl sites for hydroxylation is 1. The summed E-state index contributed by atoms with van der Waals surface area (Å²) in [6.45, 7) is 5.99. The summed E-state index contributed by atoms with van der Waals surface area (Å²) < 4.78 is 29.6. The molecule has 6 nitrogen and oxygen atoms in total. The molecule has 0 heterocycles. The van der Waals surface area contributed by atoms with E-state index in [0.29, 0.717) is 0 Å². The number of carbonyl (C=O) groups excluding carboxylic acids is 1. The van der Waals surface area contributed by atoms with Crippen LogP contribution in [0.15, 0.2) is 29.2 Å². The van der Waals surface area contributed by atoms with Gasteiger partial charge in [0.25, 0.3) is 10.1 Å². The fourth-order valence-corrected chi connectivity index (χ4v) is 2.41. The van der Waals surface area contributed by atoms with Crippen LogP contribution in [0.4, 0.5) is 0 Å². The van der Waals surface area contributed by atoms with Crippen LogP contribution in [-0.2, 0) is 14.9 Å². The van der Waals surface area contributed by atoms with Crippen molar-refractivity contribution in [1.29, 1.82) is 0 Å². The zero-order valence-corrected chi connectivity index (χ0v) is 14.2. The second-order valence-corrected chi connectivity index (χ2v) is 6.49. The third kappa shape index (κ3) is 8.11. The van der Waals surface area contributed by atoms with E-state index in [0.717, 1.165) is 31.2 Å². The van der Waals surface area contributed by atoms with Crippen LogP contribution in [0.2, 0.25) is 0 Å². The number of carbonyl (C=O) groups is 1. The number of hydrogen-bond acceptors (Lipinski definition) is 4. The van der Waals surface area contributed by atoms with Crippen LogP contribution in [0.5, 0.6) is 0 Å². The van der Waals surface area contributed by atoms with E-state index in [2.05, 4.69) is 19.3 Å². The van der Waals surface area contributed by atoms with Crippen molar-refractivity contribution in [3.8, 4) is 0 Å². The lowest BCUT2D eigenvalue weighted by Crippen LogP contribution is -2.35. The van der Waals surface area contributed by atoms with Gasteiger partial charge in [0, 0.05) is 5.92 Å². The highest BCUT2D eigenvalue weighted by molar-refractivity contribution is 7.85. The Kier molecular flexibility index (Phi) is 9.64. The number of rotatable bonds is 6. The van der Waals surface area contributed by atoms with E-state index in [4.69, 9.17) is 10.4 Å². The van der Waals surface area contributed by atoms with Gasteiger partial charge in [0.15, 0.2) is 0 Å². The predicted molar refractivity (Wildman–Crippen MR) is 86.6 cm³/mol. The first-order valence-corrected chi connectivity index (χ1v) is 8.74. The molecule has 0 saturated carbocycles. The van der Waals surface area contributed by atoms with E-state index >= 15 is 0 Å². The van der Waals surface area contributed by atoms with Crippen LogP contribution in [0, 0.1) is 12.8 Å². The van der Waals surface area contributed by atoms with Gasteiger partial charge in [-0.25, -0.2) is 5.84 Å². The van der Waals surface area contributed by atoms with E-state index in [1.165, 1.54) is 12.1 Å². The van der Waals surface area contributed by atoms with E-state index < -0.39 is 10.1 Å². The maximum atomic E-state index is 11.1. The molecule has 0 atom stereocenters. The Balaban J connectivity index is 0.000000401. The highest BCUT2D eigenvalue weighted by Crippen LogP contribution is 2.12. The third-order valence-corrected chi connectivity index (χ3v) is 3.97. The SMILES string of the molecule is CCCC(CCC)C(=O)NN.Cc1ccc(S(=O)(=O)O)cc1. The molecule has 126 valence electrons. The molecule has 7 heteroatoms. The Morgan fingerprint density at radius 3 is 1.95 bits per heavy atom. The van der Waals surface area contributed by atoms with Crippen molar-refractivity contribution in [2.45, 2.75) is 51.3 Å². The Morgan fingerprint density at radius 2 is 1.64 bits per heavy atom. The van der Waals surface area contributed by atoms with Gasteiger partial charge in [0.1, 0.15) is 0 Å². The van der Waals surface area contributed by atoms with Crippen molar-refractivity contribution in [3.63, 3.8) is 0 Å². The van der Waals surface area contributed by atoms with E-state index in [1.807, 2.05) is 6.92 Å². The molecular weight excluding hydrogens is 304 g/mol. The van der Waals surface area contributed by atoms with Gasteiger partial charge in [-0.05, 0) is 31.9 Å². The number of benzene rings is 1.